The molecule has 6 nitrogen and oxygen atoms in total. The van der Waals surface area contributed by atoms with Gasteiger partial charge in [0.1, 0.15) is 28.1 Å². The van der Waals surface area contributed by atoms with E-state index in [2.05, 4.69) is 10.3 Å². The minimum atomic E-state index is -0.654. The molecule has 204 valence electrons. The number of nitrogens with two attached hydrogens (primary N) is 1. The van der Waals surface area contributed by atoms with E-state index >= 15 is 0 Å². The van der Waals surface area contributed by atoms with E-state index < -0.39 is 11.6 Å². The van der Waals surface area contributed by atoms with E-state index in [0.717, 1.165) is 65.8 Å². The van der Waals surface area contributed by atoms with Crippen molar-refractivity contribution >= 4 is 44.7 Å². The summed E-state index contributed by atoms with van der Waals surface area (Å²) in [5.41, 5.74) is 8.48. The van der Waals surface area contributed by atoms with Gasteiger partial charge in [-0.15, -0.1) is 11.3 Å². The van der Waals surface area contributed by atoms with Gasteiger partial charge in [0.2, 0.25) is 0 Å². The number of aromatic nitrogens is 1. The first kappa shape index (κ1) is 27.3. The number of halogens is 3. The molecule has 0 saturated heterocycles. The third-order valence-corrected chi connectivity index (χ3v) is 9.09. The largest absolute Gasteiger partial charge is 0.496 e. The number of anilines is 1. The normalized spacial score (nSPS) is 17.4. The van der Waals surface area contributed by atoms with Crippen molar-refractivity contribution in [2.24, 2.45) is 0 Å². The van der Waals surface area contributed by atoms with Gasteiger partial charge in [-0.1, -0.05) is 17.7 Å². The molecule has 1 saturated carbocycles. The van der Waals surface area contributed by atoms with E-state index in [-0.39, 0.29) is 38.5 Å². The minimum Gasteiger partial charge on any atom is -0.496 e. The van der Waals surface area contributed by atoms with Crippen LogP contribution in [-0.2, 0) is 6.54 Å². The van der Waals surface area contributed by atoms with Crippen LogP contribution in [0, 0.1) is 11.6 Å². The number of methoxy groups -OCH3 is 1. The fraction of sp³-hybridized carbons (Fsp3) is 0.310. The van der Waals surface area contributed by atoms with Gasteiger partial charge < -0.3 is 20.7 Å². The van der Waals surface area contributed by atoms with Gasteiger partial charge in [-0.25, -0.2) is 13.8 Å². The highest BCUT2D eigenvalue weighted by Gasteiger charge is 2.33. The van der Waals surface area contributed by atoms with E-state index in [0.29, 0.717) is 17.6 Å². The summed E-state index contributed by atoms with van der Waals surface area (Å²) in [6.45, 7) is 0.237. The number of thiophene rings is 1. The third kappa shape index (κ3) is 5.44. The zero-order valence-electron chi connectivity index (χ0n) is 21.6. The van der Waals surface area contributed by atoms with Crippen molar-refractivity contribution in [3.05, 3.63) is 75.8 Å². The predicted octanol–water partition coefficient (Wildman–Crippen LogP) is 6.66. The Morgan fingerprint density at radius 3 is 2.51 bits per heavy atom. The number of carbonyl (C=O) groups excluding carboxylic acids is 1. The maximum Gasteiger partial charge on any atom is 0.266 e. The van der Waals surface area contributed by atoms with Gasteiger partial charge in [0.25, 0.3) is 5.91 Å². The van der Waals surface area contributed by atoms with Crippen molar-refractivity contribution in [3.63, 3.8) is 0 Å². The lowest BCUT2D eigenvalue weighted by atomic mass is 9.89. The smallest absolute Gasteiger partial charge is 0.266 e. The number of carbonyl (C=O) groups is 1. The van der Waals surface area contributed by atoms with E-state index in [4.69, 9.17) is 22.1 Å². The number of pyridine rings is 1. The van der Waals surface area contributed by atoms with Crippen molar-refractivity contribution in [1.82, 2.24) is 15.2 Å². The quantitative estimate of drug-likeness (QED) is 0.260. The number of nitrogens with zero attached hydrogens (tertiary/aromatic N) is 2. The maximum atomic E-state index is 14.6. The molecule has 0 bridgehead atoms. The number of ether oxygens (including phenoxy) is 1. The van der Waals surface area contributed by atoms with Crippen LogP contribution in [0.5, 0.6) is 5.75 Å². The Bertz CT molecular complexity index is 1520. The van der Waals surface area contributed by atoms with E-state index in [1.54, 1.807) is 24.3 Å². The lowest BCUT2D eigenvalue weighted by Gasteiger charge is -2.37. The van der Waals surface area contributed by atoms with Crippen molar-refractivity contribution < 1.29 is 18.3 Å². The van der Waals surface area contributed by atoms with E-state index in [1.807, 2.05) is 31.3 Å². The van der Waals surface area contributed by atoms with Crippen LogP contribution < -0.4 is 15.8 Å². The van der Waals surface area contributed by atoms with Crippen molar-refractivity contribution in [2.45, 2.75) is 44.3 Å². The fourth-order valence-corrected chi connectivity index (χ4v) is 6.81. The predicted molar refractivity (Wildman–Crippen MR) is 152 cm³/mol. The molecular formula is C29H29ClF2N4O2S. The summed E-state index contributed by atoms with van der Waals surface area (Å²) in [5, 5.41) is 3.21. The Morgan fingerprint density at radius 1 is 1.13 bits per heavy atom. The number of nitrogen functional groups attached to an aromatic ring is 1. The molecular weight excluding hydrogens is 542 g/mol. The van der Waals surface area contributed by atoms with Crippen LogP contribution in [0.2, 0.25) is 5.02 Å². The average molecular weight is 571 g/mol. The van der Waals surface area contributed by atoms with Crippen LogP contribution in [0.25, 0.3) is 21.2 Å². The average Bonchev–Trinajstić information content (AvgIpc) is 3.31. The second-order valence-corrected chi connectivity index (χ2v) is 11.1. The van der Waals surface area contributed by atoms with Crippen molar-refractivity contribution in [2.75, 3.05) is 19.9 Å². The van der Waals surface area contributed by atoms with Crippen molar-refractivity contribution in [1.29, 1.82) is 0 Å². The molecule has 39 heavy (non-hydrogen) atoms. The lowest BCUT2D eigenvalue weighted by Crippen LogP contribution is -2.44. The number of nitrogens with one attached hydrogen (secondary N) is 1. The summed E-state index contributed by atoms with van der Waals surface area (Å²) < 4.78 is 34.9. The van der Waals surface area contributed by atoms with Gasteiger partial charge in [0.05, 0.1) is 22.2 Å². The van der Waals surface area contributed by atoms with Crippen LogP contribution >= 0.6 is 22.9 Å². The molecule has 3 N–H and O–H groups in total. The number of fused-ring (bicyclic) bond motifs is 1. The molecule has 1 amide bonds. The second-order valence-electron chi connectivity index (χ2n) is 9.70. The van der Waals surface area contributed by atoms with Gasteiger partial charge in [-0.2, -0.15) is 0 Å². The Kier molecular flexibility index (Phi) is 8.02. The molecule has 1 fully saturated rings. The summed E-state index contributed by atoms with van der Waals surface area (Å²) in [6, 6.07) is 11.8. The second kappa shape index (κ2) is 11.5. The van der Waals surface area contributed by atoms with Crippen LogP contribution in [0.3, 0.4) is 0 Å². The molecule has 0 unspecified atom stereocenters. The number of rotatable bonds is 7. The van der Waals surface area contributed by atoms with Gasteiger partial charge in [-0.05, 0) is 80.3 Å². The first-order valence-corrected chi connectivity index (χ1v) is 13.9. The summed E-state index contributed by atoms with van der Waals surface area (Å²) in [5.74, 6) is -0.583. The standard InChI is InChI=1S/C29H29ClF2N4O2S/c1-34-19-4-6-20(7-5-19)36(29(37)28-26(30)25-21(31)8-9-22(32)27(25)39-28)15-18-13-16(3-10-23(18)38-2)17-11-12-35-24(33)14-17/h3,8-14,19-20,34H,4-7,15H2,1-2H3,(H2,33,35). The van der Waals surface area contributed by atoms with Crippen LogP contribution in [0.15, 0.2) is 48.7 Å². The highest BCUT2D eigenvalue weighted by molar-refractivity contribution is 7.21. The molecule has 2 aromatic carbocycles. The molecule has 0 aliphatic heterocycles. The molecule has 0 radical (unpaired) electrons. The number of hydrogen-bond acceptors (Lipinski definition) is 6. The first-order valence-electron chi connectivity index (χ1n) is 12.7. The highest BCUT2D eigenvalue weighted by Crippen LogP contribution is 2.40. The van der Waals surface area contributed by atoms with E-state index in [1.165, 1.54) is 0 Å². The molecule has 2 heterocycles. The molecule has 0 atom stereocenters. The van der Waals surface area contributed by atoms with E-state index in [9.17, 15) is 13.6 Å². The number of amides is 1. The zero-order chi connectivity index (χ0) is 27.7. The first-order chi connectivity index (χ1) is 18.8. The summed E-state index contributed by atoms with van der Waals surface area (Å²) in [4.78, 5) is 20.1. The minimum absolute atomic E-state index is 0.0389. The molecule has 5 rings (SSSR count). The lowest BCUT2D eigenvalue weighted by molar-refractivity contribution is 0.0604. The Hall–Kier alpha value is -3.27. The Balaban J connectivity index is 1.56. The number of hydrogen-bond donors (Lipinski definition) is 2. The third-order valence-electron chi connectivity index (χ3n) is 7.42. The zero-order valence-corrected chi connectivity index (χ0v) is 23.2. The van der Waals surface area contributed by atoms with Crippen LogP contribution in [0.1, 0.15) is 40.9 Å². The molecule has 1 aliphatic carbocycles. The monoisotopic (exact) mass is 570 g/mol. The Labute approximate surface area is 234 Å². The van der Waals surface area contributed by atoms with Crippen molar-refractivity contribution in [3.8, 4) is 16.9 Å². The maximum absolute atomic E-state index is 14.6. The topological polar surface area (TPSA) is 80.5 Å². The molecule has 4 aromatic rings. The summed E-state index contributed by atoms with van der Waals surface area (Å²) in [6.07, 6.45) is 5.02. The molecule has 10 heteroatoms. The van der Waals surface area contributed by atoms with Crippen LogP contribution in [0.4, 0.5) is 14.6 Å². The molecule has 1 aliphatic rings. The molecule has 0 spiro atoms. The summed E-state index contributed by atoms with van der Waals surface area (Å²) >= 11 is 7.43. The fourth-order valence-electron chi connectivity index (χ4n) is 5.30. The molecule has 2 aromatic heterocycles. The summed E-state index contributed by atoms with van der Waals surface area (Å²) in [7, 11) is 3.53. The Morgan fingerprint density at radius 2 is 1.85 bits per heavy atom. The van der Waals surface area contributed by atoms with Gasteiger partial charge in [0, 0.05) is 30.4 Å². The van der Waals surface area contributed by atoms with Gasteiger partial charge >= 0.3 is 0 Å². The van der Waals surface area contributed by atoms with Gasteiger partial charge in [-0.3, -0.25) is 4.79 Å². The van der Waals surface area contributed by atoms with Crippen LogP contribution in [-0.4, -0.2) is 42.0 Å². The highest BCUT2D eigenvalue weighted by atomic mass is 35.5. The number of benzene rings is 2. The van der Waals surface area contributed by atoms with Gasteiger partial charge in [0.15, 0.2) is 0 Å². The SMILES string of the molecule is CNC1CCC(N(Cc2cc(-c3ccnc(N)c3)ccc2OC)C(=O)c2sc3c(F)ccc(F)c3c2Cl)CC1.